The molecule has 7 nitrogen and oxygen atoms in total. The van der Waals surface area contributed by atoms with Crippen molar-refractivity contribution in [2.24, 2.45) is 0 Å². The number of aromatic nitrogens is 2. The van der Waals surface area contributed by atoms with Crippen molar-refractivity contribution in [2.45, 2.75) is 19.3 Å². The molecule has 0 radical (unpaired) electrons. The number of carbonyl (C=O) groups excluding carboxylic acids is 1. The third kappa shape index (κ3) is 4.09. The third-order valence-electron chi connectivity index (χ3n) is 5.63. The van der Waals surface area contributed by atoms with Gasteiger partial charge in [0.2, 0.25) is 0 Å². The molecule has 2 aromatic carbocycles. The molecule has 4 aromatic rings. The number of fused-ring (bicyclic) bond motifs is 1. The lowest BCUT2D eigenvalue weighted by Gasteiger charge is -2.27. The molecule has 160 valence electrons. The summed E-state index contributed by atoms with van der Waals surface area (Å²) < 4.78 is 5.60. The molecule has 1 N–H and O–H groups in total. The topological polar surface area (TPSA) is 88.3 Å². The number of anilines is 2. The summed E-state index contributed by atoms with van der Waals surface area (Å²) in [7, 11) is 0. The first-order valence-corrected chi connectivity index (χ1v) is 10.7. The van der Waals surface area contributed by atoms with E-state index < -0.39 is 5.91 Å². The van der Waals surface area contributed by atoms with E-state index >= 15 is 0 Å². The molecule has 1 amide bonds. The Morgan fingerprint density at radius 3 is 2.44 bits per heavy atom. The van der Waals surface area contributed by atoms with Gasteiger partial charge in [0.15, 0.2) is 17.0 Å². The van der Waals surface area contributed by atoms with Gasteiger partial charge < -0.3 is 14.6 Å². The molecule has 0 unspecified atom stereocenters. The van der Waals surface area contributed by atoms with Crippen LogP contribution in [0, 0.1) is 0 Å². The van der Waals surface area contributed by atoms with Gasteiger partial charge in [-0.15, -0.1) is 10.2 Å². The number of nitrogens with one attached hydrogen (secondary N) is 1. The lowest BCUT2D eigenvalue weighted by atomic mass is 10.1. The van der Waals surface area contributed by atoms with Crippen molar-refractivity contribution in [3.05, 3.63) is 82.7 Å². The molecule has 0 atom stereocenters. The number of rotatable bonds is 4. The summed E-state index contributed by atoms with van der Waals surface area (Å²) in [6.07, 6.45) is 3.66. The zero-order chi connectivity index (χ0) is 21.9. The molecule has 0 bridgehead atoms. The highest BCUT2D eigenvalue weighted by atomic mass is 16.3. The summed E-state index contributed by atoms with van der Waals surface area (Å²) in [6.45, 7) is 2.06. The highest BCUT2D eigenvalue weighted by Crippen LogP contribution is 2.23. The zero-order valence-corrected chi connectivity index (χ0v) is 17.5. The van der Waals surface area contributed by atoms with E-state index in [1.165, 1.54) is 25.3 Å². The molecule has 32 heavy (non-hydrogen) atoms. The molecule has 7 heteroatoms. The number of benzene rings is 2. The van der Waals surface area contributed by atoms with Gasteiger partial charge in [0.05, 0.1) is 11.1 Å². The van der Waals surface area contributed by atoms with Gasteiger partial charge in [0.1, 0.15) is 5.58 Å². The number of hydrogen-bond acceptors (Lipinski definition) is 6. The Hall–Kier alpha value is -4.00. The van der Waals surface area contributed by atoms with Gasteiger partial charge >= 0.3 is 0 Å². The minimum Gasteiger partial charge on any atom is -0.451 e. The molecular weight excluding hydrogens is 404 g/mol. The highest BCUT2D eigenvalue weighted by molar-refractivity contribution is 6.03. The number of hydrogen-bond donors (Lipinski definition) is 1. The van der Waals surface area contributed by atoms with Crippen LogP contribution in [0.5, 0.6) is 0 Å². The maximum Gasteiger partial charge on any atom is 0.291 e. The Balaban J connectivity index is 1.29. The van der Waals surface area contributed by atoms with Crippen LogP contribution in [0.1, 0.15) is 29.8 Å². The maximum absolute atomic E-state index is 12.6. The van der Waals surface area contributed by atoms with Crippen LogP contribution in [0.15, 0.2) is 75.9 Å². The Labute approximate surface area is 184 Å². The Morgan fingerprint density at radius 2 is 1.69 bits per heavy atom. The number of para-hydroxylation sites is 1. The molecule has 1 aliphatic heterocycles. The smallest absolute Gasteiger partial charge is 0.291 e. The molecular formula is C25H22N4O3. The molecule has 3 heterocycles. The Morgan fingerprint density at radius 1 is 0.906 bits per heavy atom. The SMILES string of the molecule is O=C(Nc1ccc(-c2ccc(N3CCCCC3)nn2)cc1)c1cc(=O)c2ccccc2o1. The molecule has 0 aliphatic carbocycles. The Bertz CT molecular complexity index is 1310. The van der Waals surface area contributed by atoms with E-state index in [1.807, 2.05) is 24.3 Å². The van der Waals surface area contributed by atoms with Crippen LogP contribution in [0.25, 0.3) is 22.2 Å². The predicted molar refractivity (Wildman–Crippen MR) is 124 cm³/mol. The minimum atomic E-state index is -0.480. The van der Waals surface area contributed by atoms with Gasteiger partial charge in [0, 0.05) is 30.4 Å². The first kappa shape index (κ1) is 19.9. The van der Waals surface area contributed by atoms with Crippen molar-refractivity contribution in [1.29, 1.82) is 0 Å². The van der Waals surface area contributed by atoms with Crippen LogP contribution in [0.2, 0.25) is 0 Å². The van der Waals surface area contributed by atoms with E-state index in [9.17, 15) is 9.59 Å². The second-order valence-electron chi connectivity index (χ2n) is 7.83. The van der Waals surface area contributed by atoms with Gasteiger partial charge in [-0.25, -0.2) is 0 Å². The van der Waals surface area contributed by atoms with Crippen LogP contribution >= 0.6 is 0 Å². The predicted octanol–water partition coefficient (Wildman–Crippen LogP) is 4.49. The number of nitrogens with zero attached hydrogens (tertiary/aromatic N) is 3. The molecule has 2 aromatic heterocycles. The first-order chi connectivity index (χ1) is 15.7. The fraction of sp³-hybridized carbons (Fsp3) is 0.200. The van der Waals surface area contributed by atoms with Crippen molar-refractivity contribution in [1.82, 2.24) is 10.2 Å². The summed E-state index contributed by atoms with van der Waals surface area (Å²) in [4.78, 5) is 27.1. The van der Waals surface area contributed by atoms with Crippen molar-refractivity contribution in [3.8, 4) is 11.3 Å². The monoisotopic (exact) mass is 426 g/mol. The van der Waals surface area contributed by atoms with Crippen LogP contribution in [-0.4, -0.2) is 29.2 Å². The maximum atomic E-state index is 12.6. The molecule has 1 fully saturated rings. The lowest BCUT2D eigenvalue weighted by molar-refractivity contribution is 0.0997. The van der Waals surface area contributed by atoms with Crippen LogP contribution in [-0.2, 0) is 0 Å². The standard InChI is InChI=1S/C25H22N4O3/c30-21-16-23(32-22-7-3-2-6-19(21)22)25(31)26-18-10-8-17(9-11-18)20-12-13-24(28-27-20)29-14-4-1-5-15-29/h2-3,6-13,16H,1,4-5,14-15H2,(H,26,31). The van der Waals surface area contributed by atoms with E-state index in [0.717, 1.165) is 30.2 Å². The van der Waals surface area contributed by atoms with Crippen molar-refractivity contribution >= 4 is 28.4 Å². The van der Waals surface area contributed by atoms with Crippen molar-refractivity contribution < 1.29 is 9.21 Å². The van der Waals surface area contributed by atoms with E-state index in [4.69, 9.17) is 4.42 Å². The van der Waals surface area contributed by atoms with Crippen LogP contribution < -0.4 is 15.6 Å². The second kappa shape index (κ2) is 8.63. The van der Waals surface area contributed by atoms with Gasteiger partial charge in [-0.2, -0.15) is 0 Å². The van der Waals surface area contributed by atoms with E-state index in [-0.39, 0.29) is 11.2 Å². The molecule has 0 saturated carbocycles. The van der Waals surface area contributed by atoms with Crippen molar-refractivity contribution in [3.63, 3.8) is 0 Å². The van der Waals surface area contributed by atoms with Crippen LogP contribution in [0.4, 0.5) is 11.5 Å². The fourth-order valence-electron chi connectivity index (χ4n) is 3.90. The summed E-state index contributed by atoms with van der Waals surface area (Å²) in [5.74, 6) is 0.400. The molecule has 0 spiro atoms. The lowest BCUT2D eigenvalue weighted by Crippen LogP contribution is -2.30. The second-order valence-corrected chi connectivity index (χ2v) is 7.83. The number of piperidine rings is 1. The average Bonchev–Trinajstić information content (AvgIpc) is 2.85. The molecule has 1 aliphatic rings. The van der Waals surface area contributed by atoms with E-state index in [2.05, 4.69) is 20.4 Å². The summed E-state index contributed by atoms with van der Waals surface area (Å²) >= 11 is 0. The van der Waals surface area contributed by atoms with Crippen molar-refractivity contribution in [2.75, 3.05) is 23.3 Å². The average molecular weight is 426 g/mol. The normalized spacial score (nSPS) is 13.8. The number of carbonyl (C=O) groups is 1. The third-order valence-corrected chi connectivity index (χ3v) is 5.63. The zero-order valence-electron chi connectivity index (χ0n) is 17.5. The quantitative estimate of drug-likeness (QED) is 0.517. The van der Waals surface area contributed by atoms with Gasteiger partial charge in [-0.1, -0.05) is 24.3 Å². The molecule has 5 rings (SSSR count). The highest BCUT2D eigenvalue weighted by Gasteiger charge is 2.14. The van der Waals surface area contributed by atoms with Gasteiger partial charge in [0.25, 0.3) is 5.91 Å². The minimum absolute atomic E-state index is 0.0306. The largest absolute Gasteiger partial charge is 0.451 e. The van der Waals surface area contributed by atoms with E-state index in [0.29, 0.717) is 16.7 Å². The number of amides is 1. The fourth-order valence-corrected chi connectivity index (χ4v) is 3.90. The first-order valence-electron chi connectivity index (χ1n) is 10.7. The van der Waals surface area contributed by atoms with Crippen LogP contribution in [0.3, 0.4) is 0 Å². The van der Waals surface area contributed by atoms with E-state index in [1.54, 1.807) is 36.4 Å². The summed E-state index contributed by atoms with van der Waals surface area (Å²) in [6, 6.07) is 19.3. The van der Waals surface area contributed by atoms with Gasteiger partial charge in [-0.05, 0) is 55.7 Å². The molecule has 1 saturated heterocycles. The summed E-state index contributed by atoms with van der Waals surface area (Å²) in [5.41, 5.74) is 2.39. The Kier molecular flexibility index (Phi) is 5.37. The summed E-state index contributed by atoms with van der Waals surface area (Å²) in [5, 5.41) is 12.0. The van der Waals surface area contributed by atoms with Gasteiger partial charge in [-0.3, -0.25) is 9.59 Å².